The lowest BCUT2D eigenvalue weighted by Crippen LogP contribution is -2.11. The minimum absolute atomic E-state index is 0.0171. The van der Waals surface area contributed by atoms with Crippen LogP contribution in [-0.2, 0) is 30.4 Å². The number of hydrogen-bond donors (Lipinski definition) is 0. The van der Waals surface area contributed by atoms with Crippen LogP contribution in [0, 0.1) is 17.5 Å². The second-order valence-corrected chi connectivity index (χ2v) is 9.39. The van der Waals surface area contributed by atoms with Crippen molar-refractivity contribution in [2.75, 3.05) is 7.11 Å². The van der Waals surface area contributed by atoms with E-state index in [4.69, 9.17) is 16.3 Å². The number of methoxy groups -OCH3 is 1. The molecule has 0 aliphatic heterocycles. The molecule has 0 fully saturated rings. The standard InChI is InChI=1S/C28H18ClF6N3O3/c1-37-20-9-17(28(33,34)35)23(16(10-29)25(20)36-22(37)12-41-2)15-4-3-5-38-21(8-14(11-39)26(15)38)27(40)13-6-18(30)24(32)19(31)7-13/h3-9,11H,10,12H2,1-2H3. The number of ether oxygens (including phenoxy) is 1. The highest BCUT2D eigenvalue weighted by molar-refractivity contribution is 6.19. The summed E-state index contributed by atoms with van der Waals surface area (Å²) in [7, 11) is 2.95. The maximum absolute atomic E-state index is 14.6. The van der Waals surface area contributed by atoms with Crippen LogP contribution in [0.5, 0.6) is 0 Å². The maximum atomic E-state index is 14.6. The average Bonchev–Trinajstić information content (AvgIpc) is 3.47. The highest BCUT2D eigenvalue weighted by atomic mass is 35.5. The van der Waals surface area contributed by atoms with Gasteiger partial charge in [-0.05, 0) is 30.3 Å². The minimum atomic E-state index is -4.88. The number of benzene rings is 2. The molecule has 0 atom stereocenters. The molecule has 2 aromatic carbocycles. The molecule has 0 saturated carbocycles. The van der Waals surface area contributed by atoms with E-state index < -0.39 is 46.4 Å². The number of nitrogens with zero attached hydrogens (tertiary/aromatic N) is 3. The van der Waals surface area contributed by atoms with E-state index in [1.807, 2.05) is 0 Å². The number of pyridine rings is 1. The number of halogens is 7. The van der Waals surface area contributed by atoms with Crippen molar-refractivity contribution in [3.63, 3.8) is 0 Å². The Labute approximate surface area is 232 Å². The van der Waals surface area contributed by atoms with Crippen LogP contribution in [0.1, 0.15) is 43.4 Å². The van der Waals surface area contributed by atoms with E-state index >= 15 is 0 Å². The fraction of sp³-hybridized carbons (Fsp3) is 0.179. The van der Waals surface area contributed by atoms with E-state index in [0.29, 0.717) is 24.2 Å². The lowest BCUT2D eigenvalue weighted by atomic mass is 9.92. The predicted molar refractivity (Wildman–Crippen MR) is 138 cm³/mol. The first kappa shape index (κ1) is 28.4. The minimum Gasteiger partial charge on any atom is -0.377 e. The molecule has 41 heavy (non-hydrogen) atoms. The summed E-state index contributed by atoms with van der Waals surface area (Å²) in [5.41, 5.74) is -2.27. The van der Waals surface area contributed by atoms with Gasteiger partial charge in [-0.1, -0.05) is 6.07 Å². The Morgan fingerprint density at radius 3 is 2.39 bits per heavy atom. The van der Waals surface area contributed by atoms with Gasteiger partial charge in [0.15, 0.2) is 23.7 Å². The summed E-state index contributed by atoms with van der Waals surface area (Å²) in [4.78, 5) is 29.8. The van der Waals surface area contributed by atoms with Crippen LogP contribution in [0.25, 0.3) is 27.7 Å². The van der Waals surface area contributed by atoms with Gasteiger partial charge in [0.2, 0.25) is 5.78 Å². The van der Waals surface area contributed by atoms with Gasteiger partial charge in [0, 0.05) is 48.2 Å². The van der Waals surface area contributed by atoms with Crippen LogP contribution in [0.2, 0.25) is 0 Å². The van der Waals surface area contributed by atoms with Crippen LogP contribution in [-0.4, -0.2) is 33.1 Å². The van der Waals surface area contributed by atoms with Crippen molar-refractivity contribution in [1.82, 2.24) is 14.0 Å². The Balaban J connectivity index is 1.85. The SMILES string of the molecule is COCc1nc2c(CCl)c(-c3cccn4c(C(=O)c5cc(F)c(F)c(F)c5)cc(C=O)c34)c(C(F)(F)F)cc2n1C. The number of imidazole rings is 1. The molecule has 0 N–H and O–H groups in total. The van der Waals surface area contributed by atoms with Crippen molar-refractivity contribution in [1.29, 1.82) is 0 Å². The summed E-state index contributed by atoms with van der Waals surface area (Å²) in [6.07, 6.45) is -3.23. The number of aryl methyl sites for hydroxylation is 1. The van der Waals surface area contributed by atoms with Crippen LogP contribution < -0.4 is 0 Å². The number of aromatic nitrogens is 3. The van der Waals surface area contributed by atoms with E-state index in [-0.39, 0.29) is 51.1 Å². The van der Waals surface area contributed by atoms with Gasteiger partial charge in [-0.2, -0.15) is 13.2 Å². The average molecular weight is 594 g/mol. The molecule has 0 radical (unpaired) electrons. The molecule has 6 nitrogen and oxygen atoms in total. The van der Waals surface area contributed by atoms with Gasteiger partial charge in [0.05, 0.1) is 33.7 Å². The summed E-state index contributed by atoms with van der Waals surface area (Å²) >= 11 is 6.24. The van der Waals surface area contributed by atoms with Crippen molar-refractivity contribution in [2.45, 2.75) is 18.7 Å². The van der Waals surface area contributed by atoms with Crippen LogP contribution in [0.3, 0.4) is 0 Å². The number of carbonyl (C=O) groups excluding carboxylic acids is 2. The number of hydrogen-bond acceptors (Lipinski definition) is 4. The molecule has 0 unspecified atom stereocenters. The zero-order chi connectivity index (χ0) is 29.8. The van der Waals surface area contributed by atoms with Gasteiger partial charge in [-0.25, -0.2) is 18.2 Å². The highest BCUT2D eigenvalue weighted by Crippen LogP contribution is 2.45. The Bertz CT molecular complexity index is 1850. The molecule has 5 aromatic rings. The topological polar surface area (TPSA) is 65.6 Å². The summed E-state index contributed by atoms with van der Waals surface area (Å²) in [5.74, 6) is -6.03. The predicted octanol–water partition coefficient (Wildman–Crippen LogP) is 6.86. The Hall–Kier alpha value is -4.16. The molecule has 0 aliphatic carbocycles. The second-order valence-electron chi connectivity index (χ2n) is 9.12. The smallest absolute Gasteiger partial charge is 0.377 e. The quantitative estimate of drug-likeness (QED) is 0.0680. The largest absolute Gasteiger partial charge is 0.417 e. The molecule has 5 rings (SSSR count). The van der Waals surface area contributed by atoms with E-state index in [1.165, 1.54) is 30.0 Å². The highest BCUT2D eigenvalue weighted by Gasteiger charge is 2.37. The number of fused-ring (bicyclic) bond motifs is 2. The molecule has 3 heterocycles. The molecular formula is C28H18ClF6N3O3. The molecule has 0 spiro atoms. The van der Waals surface area contributed by atoms with Crippen molar-refractivity contribution in [3.05, 3.63) is 93.8 Å². The van der Waals surface area contributed by atoms with E-state index in [0.717, 1.165) is 16.5 Å². The van der Waals surface area contributed by atoms with Crippen molar-refractivity contribution in [2.24, 2.45) is 7.05 Å². The van der Waals surface area contributed by atoms with Crippen molar-refractivity contribution < 1.29 is 40.7 Å². The number of aldehydes is 1. The fourth-order valence-electron chi connectivity index (χ4n) is 4.95. The van der Waals surface area contributed by atoms with Crippen LogP contribution >= 0.6 is 11.6 Å². The van der Waals surface area contributed by atoms with Crippen LogP contribution in [0.15, 0.2) is 42.6 Å². The zero-order valence-electron chi connectivity index (χ0n) is 21.2. The molecular weight excluding hydrogens is 576 g/mol. The Morgan fingerprint density at radius 1 is 1.12 bits per heavy atom. The summed E-state index contributed by atoms with van der Waals surface area (Å²) < 4.78 is 92.7. The molecule has 0 amide bonds. The van der Waals surface area contributed by atoms with E-state index in [1.54, 1.807) is 7.05 Å². The third kappa shape index (κ3) is 4.56. The van der Waals surface area contributed by atoms with E-state index in [9.17, 15) is 35.9 Å². The lowest BCUT2D eigenvalue weighted by Gasteiger charge is -2.19. The normalized spacial score (nSPS) is 12.0. The Kier molecular flexibility index (Phi) is 7.16. The first-order valence-electron chi connectivity index (χ1n) is 11.8. The second kappa shape index (κ2) is 10.3. The molecule has 0 saturated heterocycles. The fourth-order valence-corrected chi connectivity index (χ4v) is 5.21. The maximum Gasteiger partial charge on any atom is 0.417 e. The molecule has 0 aliphatic rings. The summed E-state index contributed by atoms with van der Waals surface area (Å²) in [5, 5.41) is 0. The molecule has 0 bridgehead atoms. The molecule has 3 aromatic heterocycles. The zero-order valence-corrected chi connectivity index (χ0v) is 22.0. The lowest BCUT2D eigenvalue weighted by molar-refractivity contribution is -0.137. The monoisotopic (exact) mass is 593 g/mol. The van der Waals surface area contributed by atoms with Crippen LogP contribution in [0.4, 0.5) is 26.3 Å². The Morgan fingerprint density at radius 2 is 1.80 bits per heavy atom. The number of ketones is 1. The van der Waals surface area contributed by atoms with Gasteiger partial charge in [0.25, 0.3) is 0 Å². The van der Waals surface area contributed by atoms with E-state index in [2.05, 4.69) is 4.98 Å². The number of alkyl halides is 4. The van der Waals surface area contributed by atoms with Gasteiger partial charge in [-0.3, -0.25) is 9.59 Å². The van der Waals surface area contributed by atoms with Gasteiger partial charge in [0.1, 0.15) is 12.4 Å². The summed E-state index contributed by atoms with van der Waals surface area (Å²) in [6, 6.07) is 5.66. The first-order valence-corrected chi connectivity index (χ1v) is 12.4. The third-order valence-electron chi connectivity index (χ3n) is 6.78. The van der Waals surface area contributed by atoms with Crippen molar-refractivity contribution in [3.8, 4) is 11.1 Å². The van der Waals surface area contributed by atoms with Gasteiger partial charge >= 0.3 is 6.18 Å². The number of rotatable bonds is 7. The van der Waals surface area contributed by atoms with Gasteiger partial charge in [-0.15, -0.1) is 11.6 Å². The summed E-state index contributed by atoms with van der Waals surface area (Å²) in [6.45, 7) is 0.0171. The third-order valence-corrected chi connectivity index (χ3v) is 7.04. The van der Waals surface area contributed by atoms with Gasteiger partial charge < -0.3 is 13.7 Å². The van der Waals surface area contributed by atoms with Crippen molar-refractivity contribution >= 4 is 40.2 Å². The molecule has 212 valence electrons. The first-order chi connectivity index (χ1) is 19.4. The molecule has 13 heteroatoms. The number of carbonyl (C=O) groups is 2.